The van der Waals surface area contributed by atoms with Crippen LogP contribution in [0.15, 0.2) is 66.7 Å². The first-order chi connectivity index (χ1) is 12.5. The smallest absolute Gasteiger partial charge is 0.170 e. The Balaban J connectivity index is 1.65. The number of Topliss-reactive ketones (excluding diaryl/α,β-unsaturated/α-hetero) is 1. The second-order valence-electron chi connectivity index (χ2n) is 6.54. The van der Waals surface area contributed by atoms with Crippen molar-refractivity contribution < 1.29 is 14.6 Å². The highest BCUT2D eigenvalue weighted by Gasteiger charge is 2.13. The molecule has 3 aromatic carbocycles. The number of rotatable bonds is 6. The number of hydrogen-bond donors (Lipinski definition) is 1. The van der Waals surface area contributed by atoms with Gasteiger partial charge in [0.05, 0.1) is 5.56 Å². The maximum Gasteiger partial charge on any atom is 0.170 e. The zero-order chi connectivity index (χ0) is 18.5. The predicted molar refractivity (Wildman–Crippen MR) is 103 cm³/mol. The lowest BCUT2D eigenvalue weighted by Crippen LogP contribution is -2.04. The number of hydrogen-bond acceptors (Lipinski definition) is 3. The first-order valence-electron chi connectivity index (χ1n) is 8.61. The lowest BCUT2D eigenvalue weighted by atomic mass is 10.0. The minimum absolute atomic E-state index is 0.0523. The van der Waals surface area contributed by atoms with Crippen LogP contribution in [0.2, 0.25) is 0 Å². The van der Waals surface area contributed by atoms with Gasteiger partial charge in [0.15, 0.2) is 5.78 Å². The Morgan fingerprint density at radius 3 is 2.00 bits per heavy atom. The number of aryl methyl sites for hydroxylation is 2. The minimum atomic E-state index is -0.114. The molecule has 0 atom stereocenters. The maximum absolute atomic E-state index is 12.4. The summed E-state index contributed by atoms with van der Waals surface area (Å²) in [5.74, 6) is 0.370. The van der Waals surface area contributed by atoms with E-state index in [1.54, 1.807) is 12.1 Å². The number of phenolic OH excluding ortho intramolecular Hbond substituents is 1. The van der Waals surface area contributed by atoms with E-state index in [0.717, 1.165) is 16.7 Å². The van der Waals surface area contributed by atoms with E-state index < -0.39 is 0 Å². The zero-order valence-corrected chi connectivity index (χ0v) is 15.0. The van der Waals surface area contributed by atoms with E-state index in [0.29, 0.717) is 17.9 Å². The van der Waals surface area contributed by atoms with Crippen molar-refractivity contribution in [2.75, 3.05) is 0 Å². The summed E-state index contributed by atoms with van der Waals surface area (Å²) in [6, 6.07) is 20.7. The van der Waals surface area contributed by atoms with E-state index in [4.69, 9.17) is 4.74 Å². The number of carbonyl (C=O) groups excluding carboxylic acids is 1. The summed E-state index contributed by atoms with van der Waals surface area (Å²) >= 11 is 0. The molecule has 3 rings (SSSR count). The lowest BCUT2D eigenvalue weighted by Gasteiger charge is -2.09. The molecule has 0 bridgehead atoms. The van der Waals surface area contributed by atoms with Gasteiger partial charge in [-0.2, -0.15) is 0 Å². The molecule has 132 valence electrons. The van der Waals surface area contributed by atoms with Crippen LogP contribution in [0.4, 0.5) is 0 Å². The number of aromatic hydroxyl groups is 1. The van der Waals surface area contributed by atoms with Gasteiger partial charge >= 0.3 is 0 Å². The van der Waals surface area contributed by atoms with Crippen molar-refractivity contribution in [2.45, 2.75) is 26.9 Å². The van der Waals surface area contributed by atoms with Crippen molar-refractivity contribution in [3.8, 4) is 11.5 Å². The van der Waals surface area contributed by atoms with Gasteiger partial charge in [0, 0.05) is 12.5 Å². The predicted octanol–water partition coefficient (Wildman–Crippen LogP) is 5.01. The topological polar surface area (TPSA) is 46.5 Å². The Morgan fingerprint density at radius 2 is 1.42 bits per heavy atom. The van der Waals surface area contributed by atoms with Gasteiger partial charge in [0.25, 0.3) is 0 Å². The average Bonchev–Trinajstić information content (AvgIpc) is 2.63. The number of carbonyl (C=O) groups is 1. The molecule has 26 heavy (non-hydrogen) atoms. The van der Waals surface area contributed by atoms with Gasteiger partial charge in [-0.3, -0.25) is 4.79 Å². The van der Waals surface area contributed by atoms with Gasteiger partial charge < -0.3 is 9.84 Å². The molecule has 0 spiro atoms. The van der Waals surface area contributed by atoms with Gasteiger partial charge in [-0.15, -0.1) is 0 Å². The molecule has 3 heteroatoms. The number of phenols is 1. The monoisotopic (exact) mass is 346 g/mol. The first-order valence-corrected chi connectivity index (χ1v) is 8.61. The Hall–Kier alpha value is -3.07. The molecule has 0 aromatic heterocycles. The van der Waals surface area contributed by atoms with Crippen LogP contribution in [-0.4, -0.2) is 10.9 Å². The summed E-state index contributed by atoms with van der Waals surface area (Å²) in [6.45, 7) is 4.46. The Labute approximate surface area is 153 Å². The maximum atomic E-state index is 12.4. The Kier molecular flexibility index (Phi) is 5.37. The quantitative estimate of drug-likeness (QED) is 0.638. The van der Waals surface area contributed by atoms with Gasteiger partial charge in [-0.1, -0.05) is 59.7 Å². The Morgan fingerprint density at radius 1 is 0.846 bits per heavy atom. The summed E-state index contributed by atoms with van der Waals surface area (Å²) in [4.78, 5) is 12.4. The van der Waals surface area contributed by atoms with Crippen LogP contribution >= 0.6 is 0 Å². The van der Waals surface area contributed by atoms with E-state index in [9.17, 15) is 9.90 Å². The van der Waals surface area contributed by atoms with Crippen molar-refractivity contribution in [1.29, 1.82) is 0 Å². The molecule has 0 unspecified atom stereocenters. The summed E-state index contributed by atoms with van der Waals surface area (Å²) in [5, 5.41) is 10.2. The summed E-state index contributed by atoms with van der Waals surface area (Å²) < 4.78 is 5.71. The number of ketones is 1. The molecule has 0 aliphatic heterocycles. The van der Waals surface area contributed by atoms with Crippen LogP contribution in [0.5, 0.6) is 11.5 Å². The highest BCUT2D eigenvalue weighted by molar-refractivity contribution is 6.00. The summed E-state index contributed by atoms with van der Waals surface area (Å²) in [7, 11) is 0. The fraction of sp³-hybridized carbons (Fsp3) is 0.174. The molecule has 0 radical (unpaired) electrons. The van der Waals surface area contributed by atoms with Crippen LogP contribution in [0.1, 0.15) is 32.6 Å². The second-order valence-corrected chi connectivity index (χ2v) is 6.54. The number of ether oxygens (including phenoxy) is 1. The third-order valence-electron chi connectivity index (χ3n) is 4.28. The standard InChI is InChI=1S/C23H22O3/c1-16-3-7-18(8-4-16)13-22(24)21-12-11-20(14-23(21)25)26-15-19-9-5-17(2)6-10-19/h3-12,14,25H,13,15H2,1-2H3. The molecule has 1 N–H and O–H groups in total. The van der Waals surface area contributed by atoms with Crippen molar-refractivity contribution in [2.24, 2.45) is 0 Å². The summed E-state index contributed by atoms with van der Waals surface area (Å²) in [5.41, 5.74) is 4.64. The minimum Gasteiger partial charge on any atom is -0.507 e. The van der Waals surface area contributed by atoms with Crippen LogP contribution in [0.3, 0.4) is 0 Å². The van der Waals surface area contributed by atoms with E-state index in [2.05, 4.69) is 0 Å². The molecule has 3 nitrogen and oxygen atoms in total. The van der Waals surface area contributed by atoms with Crippen molar-refractivity contribution in [3.63, 3.8) is 0 Å². The van der Waals surface area contributed by atoms with Gasteiger partial charge in [-0.05, 0) is 37.1 Å². The second kappa shape index (κ2) is 7.87. The molecule has 0 saturated heterocycles. The third kappa shape index (κ3) is 4.51. The SMILES string of the molecule is Cc1ccc(COc2ccc(C(=O)Cc3ccc(C)cc3)c(O)c2)cc1. The van der Waals surface area contributed by atoms with Gasteiger partial charge in [0.1, 0.15) is 18.1 Å². The first kappa shape index (κ1) is 17.7. The zero-order valence-electron chi connectivity index (χ0n) is 15.0. The largest absolute Gasteiger partial charge is 0.507 e. The van der Waals surface area contributed by atoms with Gasteiger partial charge in [0.2, 0.25) is 0 Å². The van der Waals surface area contributed by atoms with Crippen molar-refractivity contribution in [1.82, 2.24) is 0 Å². The average molecular weight is 346 g/mol. The van der Waals surface area contributed by atoms with Crippen LogP contribution < -0.4 is 4.74 Å². The van der Waals surface area contributed by atoms with Crippen molar-refractivity contribution >= 4 is 5.78 Å². The highest BCUT2D eigenvalue weighted by Crippen LogP contribution is 2.25. The molecule has 0 amide bonds. The molecular weight excluding hydrogens is 324 g/mol. The lowest BCUT2D eigenvalue weighted by molar-refractivity contribution is 0.0990. The molecule has 0 fully saturated rings. The van der Waals surface area contributed by atoms with Gasteiger partial charge in [-0.25, -0.2) is 0 Å². The molecule has 0 aliphatic rings. The van der Waals surface area contributed by atoms with E-state index >= 15 is 0 Å². The molecule has 0 aliphatic carbocycles. The fourth-order valence-corrected chi connectivity index (χ4v) is 2.67. The molecular formula is C23H22O3. The molecule has 0 heterocycles. The van der Waals surface area contributed by atoms with Crippen LogP contribution in [-0.2, 0) is 13.0 Å². The third-order valence-corrected chi connectivity index (χ3v) is 4.28. The van der Waals surface area contributed by atoms with Crippen LogP contribution in [0, 0.1) is 13.8 Å². The molecule has 0 saturated carbocycles. The van der Waals surface area contributed by atoms with E-state index in [-0.39, 0.29) is 18.0 Å². The number of benzene rings is 3. The van der Waals surface area contributed by atoms with Crippen molar-refractivity contribution in [3.05, 3.63) is 94.5 Å². The molecule has 3 aromatic rings. The fourth-order valence-electron chi connectivity index (χ4n) is 2.67. The highest BCUT2D eigenvalue weighted by atomic mass is 16.5. The normalized spacial score (nSPS) is 10.5. The van der Waals surface area contributed by atoms with E-state index in [1.807, 2.05) is 62.4 Å². The Bertz CT molecular complexity index is 894. The van der Waals surface area contributed by atoms with Crippen LogP contribution in [0.25, 0.3) is 0 Å². The summed E-state index contributed by atoms with van der Waals surface area (Å²) in [6.07, 6.45) is 0.261. The van der Waals surface area contributed by atoms with E-state index in [1.165, 1.54) is 11.6 Å².